The Hall–Kier alpha value is -2.49. The average Bonchev–Trinajstić information content (AvgIpc) is 2.48. The van der Waals surface area contributed by atoms with Gasteiger partial charge in [0.05, 0.1) is 0 Å². The molecule has 0 spiro atoms. The molecule has 2 rings (SSSR count). The summed E-state index contributed by atoms with van der Waals surface area (Å²) in [5.74, 6) is 1.33. The predicted molar refractivity (Wildman–Crippen MR) is 103 cm³/mol. The first-order valence-corrected chi connectivity index (χ1v) is 8.78. The van der Waals surface area contributed by atoms with Gasteiger partial charge in [0.15, 0.2) is 0 Å². The van der Waals surface area contributed by atoms with Crippen molar-refractivity contribution in [2.24, 2.45) is 0 Å². The zero-order valence-corrected chi connectivity index (χ0v) is 16.5. The second-order valence-electron chi connectivity index (χ2n) is 8.25. The van der Waals surface area contributed by atoms with Crippen LogP contribution in [0.15, 0.2) is 48.5 Å². The van der Waals surface area contributed by atoms with Crippen molar-refractivity contribution in [3.05, 3.63) is 59.7 Å². The van der Waals surface area contributed by atoms with Crippen LogP contribution in [0.2, 0.25) is 0 Å². The SMILES string of the molecule is CC(C)(C)OC(=O)Oc1ccc(Cc2ccc(OC(C)(C)C)cc2)cc1. The lowest BCUT2D eigenvalue weighted by atomic mass is 10.0. The molecule has 0 bridgehead atoms. The number of hydrogen-bond donors (Lipinski definition) is 0. The second kappa shape index (κ2) is 7.81. The molecule has 4 nitrogen and oxygen atoms in total. The van der Waals surface area contributed by atoms with Gasteiger partial charge >= 0.3 is 6.16 Å². The van der Waals surface area contributed by atoms with Crippen molar-refractivity contribution >= 4 is 6.16 Å². The highest BCUT2D eigenvalue weighted by Crippen LogP contribution is 2.21. The summed E-state index contributed by atoms with van der Waals surface area (Å²) in [4.78, 5) is 11.7. The first kappa shape index (κ1) is 19.8. The minimum atomic E-state index is -0.695. The van der Waals surface area contributed by atoms with E-state index in [0.29, 0.717) is 5.75 Å². The summed E-state index contributed by atoms with van der Waals surface area (Å²) in [6.07, 6.45) is 0.0994. The molecule has 0 radical (unpaired) electrons. The van der Waals surface area contributed by atoms with Crippen molar-refractivity contribution in [1.29, 1.82) is 0 Å². The second-order valence-corrected chi connectivity index (χ2v) is 8.25. The van der Waals surface area contributed by atoms with E-state index in [1.807, 2.05) is 45.0 Å². The Bertz CT molecular complexity index is 717. The van der Waals surface area contributed by atoms with Crippen molar-refractivity contribution in [3.8, 4) is 11.5 Å². The number of carbonyl (C=O) groups excluding carboxylic acids is 1. The van der Waals surface area contributed by atoms with Crippen LogP contribution < -0.4 is 9.47 Å². The largest absolute Gasteiger partial charge is 0.514 e. The molecule has 0 aromatic heterocycles. The quantitative estimate of drug-likeness (QED) is 0.515. The lowest BCUT2D eigenvalue weighted by molar-refractivity contribution is 0.0206. The van der Waals surface area contributed by atoms with E-state index >= 15 is 0 Å². The Morgan fingerprint density at radius 3 is 1.62 bits per heavy atom. The third kappa shape index (κ3) is 7.18. The number of rotatable bonds is 4. The molecule has 0 aliphatic heterocycles. The lowest BCUT2D eigenvalue weighted by Crippen LogP contribution is -2.25. The lowest BCUT2D eigenvalue weighted by Gasteiger charge is -2.21. The molecule has 140 valence electrons. The molecule has 2 aromatic carbocycles. The van der Waals surface area contributed by atoms with E-state index < -0.39 is 11.8 Å². The van der Waals surface area contributed by atoms with E-state index in [0.717, 1.165) is 17.7 Å². The fraction of sp³-hybridized carbons (Fsp3) is 0.409. The number of carbonyl (C=O) groups is 1. The third-order valence-corrected chi connectivity index (χ3v) is 3.27. The first-order valence-electron chi connectivity index (χ1n) is 8.78. The van der Waals surface area contributed by atoms with E-state index in [9.17, 15) is 4.79 Å². The maximum Gasteiger partial charge on any atom is 0.514 e. The molecule has 26 heavy (non-hydrogen) atoms. The average molecular weight is 356 g/mol. The molecule has 0 heterocycles. The summed E-state index contributed by atoms with van der Waals surface area (Å²) in [7, 11) is 0. The highest BCUT2D eigenvalue weighted by atomic mass is 16.7. The van der Waals surface area contributed by atoms with Gasteiger partial charge in [-0.3, -0.25) is 0 Å². The zero-order chi connectivity index (χ0) is 19.4. The molecular formula is C22H28O4. The van der Waals surface area contributed by atoms with E-state index in [4.69, 9.17) is 14.2 Å². The number of benzene rings is 2. The Kier molecular flexibility index (Phi) is 5.96. The summed E-state index contributed by atoms with van der Waals surface area (Å²) in [6.45, 7) is 11.5. The van der Waals surface area contributed by atoms with E-state index in [-0.39, 0.29) is 5.60 Å². The highest BCUT2D eigenvalue weighted by Gasteiger charge is 2.18. The fourth-order valence-corrected chi connectivity index (χ4v) is 2.31. The summed E-state index contributed by atoms with van der Waals surface area (Å²) < 4.78 is 16.2. The summed E-state index contributed by atoms with van der Waals surface area (Å²) >= 11 is 0. The molecule has 0 unspecified atom stereocenters. The molecule has 0 aliphatic rings. The van der Waals surface area contributed by atoms with Crippen LogP contribution in [0.1, 0.15) is 52.7 Å². The van der Waals surface area contributed by atoms with Gasteiger partial charge in [-0.05, 0) is 83.4 Å². The molecule has 2 aromatic rings. The van der Waals surface area contributed by atoms with Crippen molar-refractivity contribution < 1.29 is 19.0 Å². The van der Waals surface area contributed by atoms with Gasteiger partial charge in [0.25, 0.3) is 0 Å². The Morgan fingerprint density at radius 1 is 0.731 bits per heavy atom. The monoisotopic (exact) mass is 356 g/mol. The predicted octanol–water partition coefficient (Wildman–Crippen LogP) is 5.77. The van der Waals surface area contributed by atoms with E-state index in [2.05, 4.69) is 12.1 Å². The number of hydrogen-bond acceptors (Lipinski definition) is 4. The summed E-state index contributed by atoms with van der Waals surface area (Å²) in [5.41, 5.74) is 1.55. The fourth-order valence-electron chi connectivity index (χ4n) is 2.31. The minimum Gasteiger partial charge on any atom is -0.488 e. The van der Waals surface area contributed by atoms with Crippen LogP contribution in [-0.4, -0.2) is 17.4 Å². The molecule has 0 N–H and O–H groups in total. The Labute approximate surface area is 156 Å². The minimum absolute atomic E-state index is 0.203. The van der Waals surface area contributed by atoms with Gasteiger partial charge < -0.3 is 14.2 Å². The summed E-state index contributed by atoms with van der Waals surface area (Å²) in [6, 6.07) is 15.5. The summed E-state index contributed by atoms with van der Waals surface area (Å²) in [5, 5.41) is 0. The van der Waals surface area contributed by atoms with Crippen LogP contribution in [0.5, 0.6) is 11.5 Å². The zero-order valence-electron chi connectivity index (χ0n) is 16.5. The van der Waals surface area contributed by atoms with Gasteiger partial charge in [-0.2, -0.15) is 0 Å². The molecule has 0 atom stereocenters. The Morgan fingerprint density at radius 2 is 1.19 bits per heavy atom. The van der Waals surface area contributed by atoms with Crippen LogP contribution in [0.3, 0.4) is 0 Å². The molecule has 0 saturated heterocycles. The van der Waals surface area contributed by atoms with Crippen LogP contribution in [0.25, 0.3) is 0 Å². The van der Waals surface area contributed by atoms with Crippen molar-refractivity contribution in [1.82, 2.24) is 0 Å². The maximum atomic E-state index is 11.7. The van der Waals surface area contributed by atoms with E-state index in [1.165, 1.54) is 5.56 Å². The van der Waals surface area contributed by atoms with Gasteiger partial charge in [-0.25, -0.2) is 4.79 Å². The molecule has 4 heteroatoms. The molecule has 0 amide bonds. The normalized spacial score (nSPS) is 11.8. The van der Waals surface area contributed by atoms with Gasteiger partial charge in [0.2, 0.25) is 0 Å². The standard InChI is InChI=1S/C22H28O4/c1-21(2,3)25-19-13-9-17(10-14-19)15-16-7-11-18(12-8-16)24-20(23)26-22(4,5)6/h7-14H,15H2,1-6H3. The van der Waals surface area contributed by atoms with E-state index in [1.54, 1.807) is 32.9 Å². The third-order valence-electron chi connectivity index (χ3n) is 3.27. The van der Waals surface area contributed by atoms with Crippen molar-refractivity contribution in [3.63, 3.8) is 0 Å². The van der Waals surface area contributed by atoms with Crippen molar-refractivity contribution in [2.75, 3.05) is 0 Å². The van der Waals surface area contributed by atoms with Gasteiger partial charge in [0.1, 0.15) is 22.7 Å². The topological polar surface area (TPSA) is 44.8 Å². The molecule has 0 fully saturated rings. The first-order chi connectivity index (χ1) is 12.0. The molecule has 0 saturated carbocycles. The Balaban J connectivity index is 1.93. The van der Waals surface area contributed by atoms with Crippen LogP contribution in [0.4, 0.5) is 4.79 Å². The van der Waals surface area contributed by atoms with Crippen LogP contribution >= 0.6 is 0 Å². The van der Waals surface area contributed by atoms with Crippen LogP contribution in [-0.2, 0) is 11.2 Å². The van der Waals surface area contributed by atoms with Gasteiger partial charge in [0, 0.05) is 0 Å². The van der Waals surface area contributed by atoms with Crippen molar-refractivity contribution in [2.45, 2.75) is 59.2 Å². The van der Waals surface area contributed by atoms with Gasteiger partial charge in [-0.1, -0.05) is 24.3 Å². The smallest absolute Gasteiger partial charge is 0.488 e. The maximum absolute atomic E-state index is 11.7. The van der Waals surface area contributed by atoms with Crippen LogP contribution in [0, 0.1) is 0 Å². The van der Waals surface area contributed by atoms with Gasteiger partial charge in [-0.15, -0.1) is 0 Å². The highest BCUT2D eigenvalue weighted by molar-refractivity contribution is 5.64. The number of ether oxygens (including phenoxy) is 3. The molecular weight excluding hydrogens is 328 g/mol. The molecule has 0 aliphatic carbocycles.